The second-order valence-corrected chi connectivity index (χ2v) is 6.86. The Morgan fingerprint density at radius 3 is 1.83 bits per heavy atom. The van der Waals surface area contributed by atoms with E-state index in [2.05, 4.69) is 4.74 Å². The predicted octanol–water partition coefficient (Wildman–Crippen LogP) is 1.66. The van der Waals surface area contributed by atoms with Crippen molar-refractivity contribution < 1.29 is 47.6 Å². The van der Waals surface area contributed by atoms with Gasteiger partial charge in [-0.2, -0.15) is 0 Å². The molecule has 11 nitrogen and oxygen atoms in total. The first-order chi connectivity index (χ1) is 16.9. The lowest BCUT2D eigenvalue weighted by molar-refractivity contribution is -0.143. The van der Waals surface area contributed by atoms with Crippen molar-refractivity contribution in [1.82, 2.24) is 0 Å². The lowest BCUT2D eigenvalue weighted by atomic mass is 10.2. The normalized spacial score (nSPS) is 10.0. The molecule has 0 fully saturated rings. The molecule has 2 aromatic rings. The third-order valence-corrected chi connectivity index (χ3v) is 4.58. The smallest absolute Gasteiger partial charge is 0.343 e. The third kappa shape index (κ3) is 8.54. The first-order valence-electron chi connectivity index (χ1n) is 10.4. The highest BCUT2D eigenvalue weighted by molar-refractivity contribution is 5.84. The number of para-hydroxylation sites is 2. The van der Waals surface area contributed by atoms with E-state index in [0.29, 0.717) is 29.0 Å². The molecule has 188 valence electrons. The van der Waals surface area contributed by atoms with E-state index in [1.807, 2.05) is 0 Å². The Bertz CT molecular complexity index is 1010. The van der Waals surface area contributed by atoms with E-state index < -0.39 is 17.9 Å². The maximum Gasteiger partial charge on any atom is 0.343 e. The molecule has 0 atom stereocenters. The second-order valence-electron chi connectivity index (χ2n) is 6.86. The van der Waals surface area contributed by atoms with Crippen molar-refractivity contribution in [3.63, 3.8) is 0 Å². The van der Waals surface area contributed by atoms with Gasteiger partial charge in [0.25, 0.3) is 0 Å². The van der Waals surface area contributed by atoms with Crippen molar-refractivity contribution in [1.29, 1.82) is 0 Å². The van der Waals surface area contributed by atoms with E-state index in [9.17, 15) is 19.2 Å². The summed E-state index contributed by atoms with van der Waals surface area (Å²) in [6.07, 6.45) is 0.646. The third-order valence-electron chi connectivity index (χ3n) is 4.58. The fourth-order valence-electron chi connectivity index (χ4n) is 2.84. The van der Waals surface area contributed by atoms with Crippen LogP contribution in [0, 0.1) is 0 Å². The zero-order valence-electron chi connectivity index (χ0n) is 19.7. The molecule has 0 saturated carbocycles. The first-order valence-corrected chi connectivity index (χ1v) is 10.4. The van der Waals surface area contributed by atoms with E-state index in [1.165, 1.54) is 38.4 Å². The number of anilines is 1. The minimum atomic E-state index is -0.578. The number of carbonyl (C=O) groups is 4. The summed E-state index contributed by atoms with van der Waals surface area (Å²) in [7, 11) is 3.72. The van der Waals surface area contributed by atoms with Crippen molar-refractivity contribution in [2.24, 2.45) is 0 Å². The number of hydrogen-bond donors (Lipinski definition) is 0. The summed E-state index contributed by atoms with van der Waals surface area (Å²) in [5.74, 6) is -0.698. The molecule has 0 amide bonds. The predicted molar refractivity (Wildman–Crippen MR) is 123 cm³/mol. The SMILES string of the molecule is COC(=O)COc1ccccc1OCCOc1cc(C=O)ccc1N(CC(=O)OC)CC(=O)OC. The topological polar surface area (TPSA) is 127 Å². The van der Waals surface area contributed by atoms with Gasteiger partial charge in [-0.1, -0.05) is 12.1 Å². The van der Waals surface area contributed by atoms with Crippen LogP contribution in [0.2, 0.25) is 0 Å². The van der Waals surface area contributed by atoms with Gasteiger partial charge in [-0.25, -0.2) is 4.79 Å². The molecule has 35 heavy (non-hydrogen) atoms. The molecular weight excluding hydrogens is 462 g/mol. The summed E-state index contributed by atoms with van der Waals surface area (Å²) in [5.41, 5.74) is 0.718. The van der Waals surface area contributed by atoms with E-state index in [1.54, 1.807) is 30.3 Å². The molecule has 0 bridgehead atoms. The molecule has 0 aliphatic heterocycles. The fourth-order valence-corrected chi connectivity index (χ4v) is 2.84. The average Bonchev–Trinajstić information content (AvgIpc) is 2.89. The van der Waals surface area contributed by atoms with Crippen molar-refractivity contribution in [2.45, 2.75) is 0 Å². The zero-order valence-corrected chi connectivity index (χ0v) is 19.7. The Morgan fingerprint density at radius 2 is 1.29 bits per heavy atom. The Hall–Kier alpha value is -4.28. The quantitative estimate of drug-likeness (QED) is 0.166. The molecule has 0 unspecified atom stereocenters. The van der Waals surface area contributed by atoms with Crippen molar-refractivity contribution >= 4 is 29.9 Å². The molecule has 0 N–H and O–H groups in total. The van der Waals surface area contributed by atoms with Gasteiger partial charge in [-0.3, -0.25) is 14.4 Å². The fraction of sp³-hybridized carbons (Fsp3) is 0.333. The molecular formula is C24H27NO10. The molecule has 0 aliphatic carbocycles. The van der Waals surface area contributed by atoms with Crippen LogP contribution in [0.4, 0.5) is 5.69 Å². The largest absolute Gasteiger partial charge is 0.488 e. The Balaban J connectivity index is 2.12. The minimum absolute atomic E-state index is 0.0466. The van der Waals surface area contributed by atoms with Crippen LogP contribution < -0.4 is 19.1 Å². The Kier molecular flexibility index (Phi) is 10.9. The summed E-state index contributed by atoms with van der Waals surface area (Å²) in [5, 5.41) is 0. The van der Waals surface area contributed by atoms with Crippen LogP contribution in [0.3, 0.4) is 0 Å². The molecule has 0 saturated heterocycles. The highest BCUT2D eigenvalue weighted by atomic mass is 16.6. The van der Waals surface area contributed by atoms with Crippen LogP contribution in [0.1, 0.15) is 10.4 Å². The standard InChI is InChI=1S/C24H27NO10/c1-30-22(27)13-25(14-23(28)31-2)18-9-8-17(15-26)12-21(18)34-11-10-33-19-6-4-5-7-20(19)35-16-24(29)32-3/h4-9,12,15H,10-11,13-14,16H2,1-3H3. The molecule has 0 spiro atoms. The highest BCUT2D eigenvalue weighted by Gasteiger charge is 2.20. The van der Waals surface area contributed by atoms with Crippen molar-refractivity contribution in [2.75, 3.05) is 59.1 Å². The van der Waals surface area contributed by atoms with Crippen molar-refractivity contribution in [3.8, 4) is 17.2 Å². The maximum absolute atomic E-state index is 11.9. The van der Waals surface area contributed by atoms with Crippen LogP contribution >= 0.6 is 0 Å². The molecule has 0 aromatic heterocycles. The van der Waals surface area contributed by atoms with Gasteiger partial charge in [-0.15, -0.1) is 0 Å². The summed E-state index contributed by atoms with van der Waals surface area (Å²) in [6, 6.07) is 11.3. The molecule has 2 rings (SSSR count). The van der Waals surface area contributed by atoms with Gasteiger partial charge in [0.1, 0.15) is 38.3 Å². The lowest BCUT2D eigenvalue weighted by Crippen LogP contribution is -2.36. The van der Waals surface area contributed by atoms with E-state index in [4.69, 9.17) is 23.7 Å². The Labute approximate surface area is 202 Å². The van der Waals surface area contributed by atoms with Gasteiger partial charge >= 0.3 is 17.9 Å². The van der Waals surface area contributed by atoms with Gasteiger partial charge in [0.05, 0.1) is 27.0 Å². The molecule has 0 aliphatic rings. The zero-order chi connectivity index (χ0) is 25.6. The molecule has 11 heteroatoms. The molecule has 2 aromatic carbocycles. The monoisotopic (exact) mass is 489 g/mol. The molecule has 0 heterocycles. The Morgan fingerprint density at radius 1 is 0.743 bits per heavy atom. The summed E-state index contributed by atoms with van der Waals surface area (Å²) >= 11 is 0. The maximum atomic E-state index is 11.9. The summed E-state index contributed by atoms with van der Waals surface area (Å²) in [6.45, 7) is -0.638. The van der Waals surface area contributed by atoms with Crippen molar-refractivity contribution in [3.05, 3.63) is 48.0 Å². The van der Waals surface area contributed by atoms with Gasteiger partial charge in [-0.05, 0) is 30.3 Å². The number of esters is 3. The second kappa shape index (κ2) is 14.1. The number of hydrogen-bond acceptors (Lipinski definition) is 11. The van der Waals surface area contributed by atoms with E-state index in [-0.39, 0.29) is 38.7 Å². The van der Waals surface area contributed by atoms with Crippen LogP contribution in [0.15, 0.2) is 42.5 Å². The highest BCUT2D eigenvalue weighted by Crippen LogP contribution is 2.30. The summed E-state index contributed by atoms with van der Waals surface area (Å²) in [4.78, 5) is 47.8. The van der Waals surface area contributed by atoms with Gasteiger partial charge in [0.15, 0.2) is 18.1 Å². The first kappa shape index (κ1) is 27.0. The van der Waals surface area contributed by atoms with Gasteiger partial charge in [0, 0.05) is 5.56 Å². The number of carbonyl (C=O) groups excluding carboxylic acids is 4. The van der Waals surface area contributed by atoms with Gasteiger partial charge < -0.3 is 33.3 Å². The number of rotatable bonds is 14. The number of ether oxygens (including phenoxy) is 6. The van der Waals surface area contributed by atoms with Crippen LogP contribution in [-0.4, -0.2) is 78.4 Å². The molecule has 0 radical (unpaired) electrons. The van der Waals surface area contributed by atoms with Crippen LogP contribution in [0.5, 0.6) is 17.2 Å². The number of aldehydes is 1. The lowest BCUT2D eigenvalue weighted by Gasteiger charge is -2.25. The van der Waals surface area contributed by atoms with Gasteiger partial charge in [0.2, 0.25) is 0 Å². The average molecular weight is 489 g/mol. The van der Waals surface area contributed by atoms with Crippen LogP contribution in [0.25, 0.3) is 0 Å². The van der Waals surface area contributed by atoms with E-state index in [0.717, 1.165) is 0 Å². The number of nitrogens with zero attached hydrogens (tertiary/aromatic N) is 1. The van der Waals surface area contributed by atoms with Crippen LogP contribution in [-0.2, 0) is 28.6 Å². The minimum Gasteiger partial charge on any atom is -0.488 e. The van der Waals surface area contributed by atoms with E-state index >= 15 is 0 Å². The summed E-state index contributed by atoms with van der Waals surface area (Å²) < 4.78 is 30.9. The number of benzene rings is 2. The number of methoxy groups -OCH3 is 3.